The van der Waals surface area contributed by atoms with Gasteiger partial charge in [-0.2, -0.15) is 0 Å². The smallest absolute Gasteiger partial charge is 0.132 e. The van der Waals surface area contributed by atoms with Crippen LogP contribution in [0.2, 0.25) is 0 Å². The van der Waals surface area contributed by atoms with Gasteiger partial charge in [-0.3, -0.25) is 0 Å². The largest absolute Gasteiger partial charge is 0.508 e. The molecule has 0 aliphatic rings. The van der Waals surface area contributed by atoms with Gasteiger partial charge in [-0.1, -0.05) is 43.7 Å². The summed E-state index contributed by atoms with van der Waals surface area (Å²) in [6.45, 7) is 5.11. The number of hydrogen-bond donors (Lipinski definition) is 1. The Kier molecular flexibility index (Phi) is 10.2. The number of thioether (sulfide) groups is 1. The van der Waals surface area contributed by atoms with Crippen molar-refractivity contribution in [3.8, 4) is 17.2 Å². The molecule has 3 rings (SSSR count). The highest BCUT2D eigenvalue weighted by Crippen LogP contribution is 2.28. The lowest BCUT2D eigenvalue weighted by Gasteiger charge is -2.09. The standard InChI is InChI=1S/C14H14O2.C12H18OS/c1-16-14-8-4-12(5-9-14)10-11-2-6-13(15)7-3-11;1-4-5-8-13-11-7-6-10(2)9-12(11)14-3/h2-9,15H,10H2,1H3;6-7,9H,4-5,8H2,1-3H3. The molecule has 1 N–H and O–H groups in total. The lowest BCUT2D eigenvalue weighted by Crippen LogP contribution is -1.97. The van der Waals surface area contributed by atoms with Gasteiger partial charge in [-0.25, -0.2) is 0 Å². The summed E-state index contributed by atoms with van der Waals surface area (Å²) in [6, 6.07) is 21.6. The van der Waals surface area contributed by atoms with Crippen LogP contribution in [0, 0.1) is 6.92 Å². The Labute approximate surface area is 185 Å². The number of aryl methyl sites for hydroxylation is 1. The summed E-state index contributed by atoms with van der Waals surface area (Å²) in [5.74, 6) is 2.20. The number of phenols is 1. The fourth-order valence-electron chi connectivity index (χ4n) is 2.81. The van der Waals surface area contributed by atoms with E-state index >= 15 is 0 Å². The number of phenolic OH excluding ortho intramolecular Hbond substituents is 1. The van der Waals surface area contributed by atoms with Gasteiger partial charge in [-0.05, 0) is 79.1 Å². The van der Waals surface area contributed by atoms with Crippen LogP contribution in [0.4, 0.5) is 0 Å². The van der Waals surface area contributed by atoms with Gasteiger partial charge in [0.1, 0.15) is 17.2 Å². The molecule has 3 aromatic rings. The summed E-state index contributed by atoms with van der Waals surface area (Å²) >= 11 is 1.74. The number of benzene rings is 3. The first-order valence-corrected chi connectivity index (χ1v) is 11.5. The normalized spacial score (nSPS) is 10.1. The number of rotatable bonds is 8. The summed E-state index contributed by atoms with van der Waals surface area (Å²) in [7, 11) is 1.66. The van der Waals surface area contributed by atoms with Gasteiger partial charge >= 0.3 is 0 Å². The van der Waals surface area contributed by atoms with Crippen LogP contribution in [0.1, 0.15) is 36.5 Å². The van der Waals surface area contributed by atoms with Crippen LogP contribution < -0.4 is 9.47 Å². The zero-order valence-electron chi connectivity index (χ0n) is 18.4. The van der Waals surface area contributed by atoms with Crippen molar-refractivity contribution in [3.05, 3.63) is 83.4 Å². The second kappa shape index (κ2) is 12.9. The zero-order chi connectivity index (χ0) is 21.8. The Morgan fingerprint density at radius 3 is 2.10 bits per heavy atom. The molecular weight excluding hydrogens is 392 g/mol. The van der Waals surface area contributed by atoms with Crippen molar-refractivity contribution in [2.75, 3.05) is 20.0 Å². The van der Waals surface area contributed by atoms with E-state index in [-0.39, 0.29) is 0 Å². The molecule has 30 heavy (non-hydrogen) atoms. The second-order valence-corrected chi connectivity index (χ2v) is 7.90. The number of ether oxygens (including phenoxy) is 2. The molecule has 0 amide bonds. The molecule has 160 valence electrons. The first-order valence-electron chi connectivity index (χ1n) is 10.2. The highest BCUT2D eigenvalue weighted by molar-refractivity contribution is 7.98. The number of aromatic hydroxyl groups is 1. The fourth-order valence-corrected chi connectivity index (χ4v) is 3.45. The monoisotopic (exact) mass is 424 g/mol. The van der Waals surface area contributed by atoms with E-state index in [0.29, 0.717) is 5.75 Å². The van der Waals surface area contributed by atoms with Crippen LogP contribution in [-0.4, -0.2) is 25.1 Å². The Balaban J connectivity index is 0.000000216. The molecule has 0 fully saturated rings. The van der Waals surface area contributed by atoms with E-state index in [9.17, 15) is 5.11 Å². The second-order valence-electron chi connectivity index (χ2n) is 7.05. The molecule has 0 atom stereocenters. The van der Waals surface area contributed by atoms with Gasteiger partial charge in [-0.15, -0.1) is 11.8 Å². The van der Waals surface area contributed by atoms with Gasteiger partial charge in [0.05, 0.1) is 13.7 Å². The number of unbranched alkanes of at least 4 members (excludes halogenated alkanes) is 1. The van der Waals surface area contributed by atoms with E-state index < -0.39 is 0 Å². The van der Waals surface area contributed by atoms with E-state index in [1.54, 1.807) is 31.0 Å². The maximum absolute atomic E-state index is 9.17. The lowest BCUT2D eigenvalue weighted by atomic mass is 10.1. The van der Waals surface area contributed by atoms with E-state index in [1.807, 2.05) is 36.4 Å². The van der Waals surface area contributed by atoms with Gasteiger partial charge in [0.15, 0.2) is 0 Å². The van der Waals surface area contributed by atoms with Crippen LogP contribution in [0.25, 0.3) is 0 Å². The third kappa shape index (κ3) is 8.03. The molecule has 0 heterocycles. The van der Waals surface area contributed by atoms with Crippen molar-refractivity contribution >= 4 is 11.8 Å². The van der Waals surface area contributed by atoms with Crippen molar-refractivity contribution in [2.24, 2.45) is 0 Å². The third-order valence-electron chi connectivity index (χ3n) is 4.58. The molecular formula is C26H32O3S. The first-order chi connectivity index (χ1) is 14.5. The van der Waals surface area contributed by atoms with Crippen LogP contribution in [0.3, 0.4) is 0 Å². The van der Waals surface area contributed by atoms with E-state index in [0.717, 1.165) is 30.9 Å². The van der Waals surface area contributed by atoms with Gasteiger partial charge in [0, 0.05) is 4.90 Å². The summed E-state index contributed by atoms with van der Waals surface area (Å²) in [6.07, 6.45) is 5.26. The zero-order valence-corrected chi connectivity index (χ0v) is 19.2. The van der Waals surface area contributed by atoms with Crippen molar-refractivity contribution in [1.29, 1.82) is 0 Å². The maximum atomic E-state index is 9.17. The molecule has 3 nitrogen and oxygen atoms in total. The summed E-state index contributed by atoms with van der Waals surface area (Å²) in [5, 5.41) is 9.17. The molecule has 0 bridgehead atoms. The fraction of sp³-hybridized carbons (Fsp3) is 0.308. The summed E-state index contributed by atoms with van der Waals surface area (Å²) in [5.41, 5.74) is 3.70. The van der Waals surface area contributed by atoms with Crippen LogP contribution in [0.15, 0.2) is 71.6 Å². The molecule has 3 aromatic carbocycles. The van der Waals surface area contributed by atoms with E-state index in [2.05, 4.69) is 38.3 Å². The first kappa shape index (κ1) is 23.7. The number of methoxy groups -OCH3 is 1. The summed E-state index contributed by atoms with van der Waals surface area (Å²) < 4.78 is 10.8. The average molecular weight is 425 g/mol. The topological polar surface area (TPSA) is 38.7 Å². The van der Waals surface area contributed by atoms with E-state index in [4.69, 9.17) is 9.47 Å². The van der Waals surface area contributed by atoms with Crippen molar-refractivity contribution < 1.29 is 14.6 Å². The summed E-state index contributed by atoms with van der Waals surface area (Å²) in [4.78, 5) is 1.24. The third-order valence-corrected chi connectivity index (χ3v) is 5.34. The van der Waals surface area contributed by atoms with Gasteiger partial charge in [0.25, 0.3) is 0 Å². The maximum Gasteiger partial charge on any atom is 0.132 e. The Bertz CT molecular complexity index is 874. The molecule has 0 saturated carbocycles. The number of hydrogen-bond acceptors (Lipinski definition) is 4. The lowest BCUT2D eigenvalue weighted by molar-refractivity contribution is 0.302. The quantitative estimate of drug-likeness (QED) is 0.316. The molecule has 4 heteroatoms. The predicted octanol–water partition coefficient (Wildman–Crippen LogP) is 6.89. The Hall–Kier alpha value is -2.59. The Morgan fingerprint density at radius 2 is 1.53 bits per heavy atom. The predicted molar refractivity (Wildman–Crippen MR) is 127 cm³/mol. The molecule has 0 radical (unpaired) electrons. The molecule has 0 unspecified atom stereocenters. The molecule has 0 aliphatic heterocycles. The van der Waals surface area contributed by atoms with Gasteiger partial charge < -0.3 is 14.6 Å². The van der Waals surface area contributed by atoms with Crippen LogP contribution in [0.5, 0.6) is 17.2 Å². The minimum absolute atomic E-state index is 0.304. The van der Waals surface area contributed by atoms with Crippen molar-refractivity contribution in [2.45, 2.75) is 38.0 Å². The van der Waals surface area contributed by atoms with Crippen LogP contribution in [-0.2, 0) is 6.42 Å². The molecule has 0 saturated heterocycles. The molecule has 0 aliphatic carbocycles. The highest BCUT2D eigenvalue weighted by Gasteiger charge is 2.02. The van der Waals surface area contributed by atoms with Crippen molar-refractivity contribution in [1.82, 2.24) is 0 Å². The van der Waals surface area contributed by atoms with Crippen LogP contribution >= 0.6 is 11.8 Å². The molecule has 0 aromatic heterocycles. The average Bonchev–Trinajstić information content (AvgIpc) is 2.77. The highest BCUT2D eigenvalue weighted by atomic mass is 32.2. The van der Waals surface area contributed by atoms with Crippen molar-refractivity contribution in [3.63, 3.8) is 0 Å². The minimum Gasteiger partial charge on any atom is -0.508 e. The SMILES string of the molecule is CCCCOc1ccc(C)cc1SC.COc1ccc(Cc2ccc(O)cc2)cc1. The Morgan fingerprint density at radius 1 is 0.900 bits per heavy atom. The molecule has 0 spiro atoms. The van der Waals surface area contributed by atoms with E-state index in [1.165, 1.54) is 28.0 Å². The van der Waals surface area contributed by atoms with Gasteiger partial charge in [0.2, 0.25) is 0 Å². The minimum atomic E-state index is 0.304.